The van der Waals surface area contributed by atoms with E-state index in [0.717, 1.165) is 0 Å². The summed E-state index contributed by atoms with van der Waals surface area (Å²) in [5, 5.41) is 44.8. The Kier molecular flexibility index (Phi) is 11.6. The van der Waals surface area contributed by atoms with Crippen molar-refractivity contribution < 1.29 is 34.4 Å². The molecular weight excluding hydrogens is 604 g/mol. The molecule has 1 aliphatic carbocycles. The van der Waals surface area contributed by atoms with Gasteiger partial charge in [-0.1, -0.05) is 31.5 Å². The molecule has 4 rings (SSSR count). The van der Waals surface area contributed by atoms with Crippen LogP contribution >= 0.6 is 11.6 Å². The molecule has 8 atom stereocenters. The zero-order valence-electron chi connectivity index (χ0n) is 26.1. The number of ether oxygens (including phenoxy) is 1. The van der Waals surface area contributed by atoms with Gasteiger partial charge in [0.1, 0.15) is 23.9 Å². The molecule has 0 aromatic heterocycles. The maximum absolute atomic E-state index is 14.4. The second-order valence-corrected chi connectivity index (χ2v) is 13.4. The number of hydrogen-bond donors (Lipinski definition) is 7. The van der Waals surface area contributed by atoms with Crippen LogP contribution in [0.5, 0.6) is 5.75 Å². The molecule has 1 aromatic rings. The first-order chi connectivity index (χ1) is 21.3. The van der Waals surface area contributed by atoms with Gasteiger partial charge in [0, 0.05) is 26.1 Å². The molecule has 3 amide bonds. The van der Waals surface area contributed by atoms with E-state index in [4.69, 9.17) is 27.5 Å². The number of methoxy groups -OCH3 is 1. The molecule has 0 unspecified atom stereocenters. The van der Waals surface area contributed by atoms with Crippen LogP contribution in [-0.2, 0) is 25.5 Å². The van der Waals surface area contributed by atoms with E-state index < -0.39 is 48.4 Å². The van der Waals surface area contributed by atoms with Gasteiger partial charge in [-0.3, -0.25) is 19.8 Å². The molecule has 45 heavy (non-hydrogen) atoms. The maximum Gasteiger partial charge on any atom is 0.249 e. The third kappa shape index (κ3) is 8.18. The third-order valence-corrected chi connectivity index (χ3v) is 9.52. The third-order valence-electron chi connectivity index (χ3n) is 9.21. The minimum atomic E-state index is -1.49. The minimum Gasteiger partial charge on any atom is -0.506 e. The number of nitrogens with two attached hydrogens (primary N) is 1. The Morgan fingerprint density at radius 1 is 1.20 bits per heavy atom. The number of halogens is 1. The van der Waals surface area contributed by atoms with E-state index in [1.165, 1.54) is 19.2 Å². The maximum atomic E-state index is 14.4. The number of phenolic OH excluding ortho intramolecular Hbond substituents is 1. The van der Waals surface area contributed by atoms with Crippen LogP contribution in [0.3, 0.4) is 0 Å². The normalized spacial score (nSPS) is 27.9. The first-order valence-electron chi connectivity index (χ1n) is 15.7. The van der Waals surface area contributed by atoms with Crippen molar-refractivity contribution in [2.45, 2.75) is 108 Å². The van der Waals surface area contributed by atoms with Gasteiger partial charge in [0.05, 0.1) is 17.2 Å². The molecule has 14 heteroatoms. The van der Waals surface area contributed by atoms with Crippen LogP contribution in [0.2, 0.25) is 5.02 Å². The number of carbonyl (C=O) groups excluding carboxylic acids is 3. The summed E-state index contributed by atoms with van der Waals surface area (Å²) < 4.78 is 5.61. The molecule has 3 fully saturated rings. The van der Waals surface area contributed by atoms with Gasteiger partial charge in [-0.15, -0.1) is 0 Å². The summed E-state index contributed by atoms with van der Waals surface area (Å²) in [6.07, 6.45) is 0.749. The Hall–Kier alpha value is -3.13. The van der Waals surface area contributed by atoms with Crippen molar-refractivity contribution in [3.8, 4) is 5.75 Å². The number of fused-ring (bicyclic) bond motifs is 1. The number of likely N-dealkylation sites (tertiary alicyclic amines) is 2. The summed E-state index contributed by atoms with van der Waals surface area (Å²) in [5.74, 6) is -1.80. The van der Waals surface area contributed by atoms with Crippen LogP contribution in [0.4, 0.5) is 0 Å². The van der Waals surface area contributed by atoms with Crippen LogP contribution in [0.25, 0.3) is 0 Å². The first-order valence-corrected chi connectivity index (χ1v) is 16.1. The number of benzene rings is 1. The summed E-state index contributed by atoms with van der Waals surface area (Å²) in [4.78, 5) is 44.6. The van der Waals surface area contributed by atoms with Gasteiger partial charge in [0.15, 0.2) is 12.2 Å². The lowest BCUT2D eigenvalue weighted by atomic mass is 9.83. The molecule has 0 bridgehead atoms. The summed E-state index contributed by atoms with van der Waals surface area (Å²) in [5.41, 5.74) is 6.29. The largest absolute Gasteiger partial charge is 0.506 e. The van der Waals surface area contributed by atoms with Crippen LogP contribution in [0.1, 0.15) is 64.4 Å². The fourth-order valence-corrected chi connectivity index (χ4v) is 7.26. The van der Waals surface area contributed by atoms with E-state index >= 15 is 0 Å². The zero-order chi connectivity index (χ0) is 33.0. The van der Waals surface area contributed by atoms with Crippen LogP contribution < -0.4 is 16.4 Å². The van der Waals surface area contributed by atoms with E-state index in [0.29, 0.717) is 50.6 Å². The van der Waals surface area contributed by atoms with Gasteiger partial charge >= 0.3 is 0 Å². The Morgan fingerprint density at radius 2 is 1.93 bits per heavy atom. The highest BCUT2D eigenvalue weighted by Crippen LogP contribution is 2.41. The summed E-state index contributed by atoms with van der Waals surface area (Å²) in [6.45, 7) is 4.35. The van der Waals surface area contributed by atoms with E-state index in [-0.39, 0.29) is 53.4 Å². The zero-order valence-corrected chi connectivity index (χ0v) is 26.9. The van der Waals surface area contributed by atoms with Crippen molar-refractivity contribution in [1.29, 1.82) is 5.41 Å². The van der Waals surface area contributed by atoms with E-state index in [1.54, 1.807) is 15.9 Å². The first kappa shape index (κ1) is 34.7. The smallest absolute Gasteiger partial charge is 0.249 e. The van der Waals surface area contributed by atoms with Gasteiger partial charge in [-0.25, -0.2) is 0 Å². The van der Waals surface area contributed by atoms with Crippen molar-refractivity contribution in [2.24, 2.45) is 17.6 Å². The second-order valence-electron chi connectivity index (χ2n) is 12.9. The van der Waals surface area contributed by atoms with Gasteiger partial charge in [-0.2, -0.15) is 0 Å². The number of amides is 3. The van der Waals surface area contributed by atoms with Crippen molar-refractivity contribution >= 4 is 35.3 Å². The number of phenols is 1. The highest BCUT2D eigenvalue weighted by Gasteiger charge is 2.51. The Bertz CT molecular complexity index is 1250. The number of hydrogen-bond acceptors (Lipinski definition) is 8. The fourth-order valence-electron chi connectivity index (χ4n) is 7.06. The number of rotatable bonds is 10. The highest BCUT2D eigenvalue weighted by molar-refractivity contribution is 6.32. The molecule has 0 radical (unpaired) electrons. The molecule has 2 heterocycles. The number of guanidine groups is 1. The van der Waals surface area contributed by atoms with Gasteiger partial charge in [0.25, 0.3) is 0 Å². The average molecular weight is 651 g/mol. The molecule has 2 aliphatic heterocycles. The predicted molar refractivity (Wildman–Crippen MR) is 167 cm³/mol. The lowest BCUT2D eigenvalue weighted by Gasteiger charge is -2.41. The quantitative estimate of drug-likeness (QED) is 0.143. The Balaban J connectivity index is 1.55. The molecule has 3 aliphatic rings. The van der Waals surface area contributed by atoms with E-state index in [1.807, 2.05) is 13.8 Å². The number of nitrogens with one attached hydrogen (secondary N) is 3. The van der Waals surface area contributed by atoms with Crippen molar-refractivity contribution in [3.63, 3.8) is 0 Å². The highest BCUT2D eigenvalue weighted by atomic mass is 35.5. The number of aliphatic hydroxyl groups is 2. The van der Waals surface area contributed by atoms with Gasteiger partial charge < -0.3 is 46.2 Å². The molecule has 1 aromatic carbocycles. The molecule has 8 N–H and O–H groups in total. The summed E-state index contributed by atoms with van der Waals surface area (Å²) >= 11 is 5.98. The number of aliphatic hydroxyl groups excluding tert-OH is 2. The van der Waals surface area contributed by atoms with Crippen molar-refractivity contribution in [2.75, 3.05) is 13.7 Å². The van der Waals surface area contributed by atoms with Crippen molar-refractivity contribution in [1.82, 2.24) is 20.4 Å². The van der Waals surface area contributed by atoms with Crippen molar-refractivity contribution in [3.05, 3.63) is 28.8 Å². The van der Waals surface area contributed by atoms with Crippen LogP contribution in [-0.4, -0.2) is 105 Å². The molecule has 1 saturated carbocycles. The molecular formula is C31H47ClN6O7. The van der Waals surface area contributed by atoms with Gasteiger partial charge in [-0.05, 0) is 74.5 Å². The summed E-state index contributed by atoms with van der Waals surface area (Å²) in [6, 6.07) is 1.69. The second kappa shape index (κ2) is 15.0. The standard InChI is InChI=1S/C31H47ClN6O7/c1-16(2)11-22(36-28(43)26(41)13-17-6-9-25(40)20(32)12-17)29(44)38-23-15-19(39)8-7-18(23)14-24(38)27(42)35-21-5-4-10-37(31(33)34)30(21)45-3/h6,9,12,16,18-19,21-24,26,30,39-41H,4-5,7-8,10-11,13-15H2,1-3H3,(H3,33,34)(H,35,42)(H,36,43)/t18-,19+,21+,22+,23-,24-,26+,30+/m0/s1. The molecule has 13 nitrogen and oxygen atoms in total. The lowest BCUT2D eigenvalue weighted by Crippen LogP contribution is -2.62. The van der Waals surface area contributed by atoms with E-state index in [2.05, 4.69) is 10.6 Å². The Labute approximate surface area is 268 Å². The van der Waals surface area contributed by atoms with E-state index in [9.17, 15) is 29.7 Å². The number of aromatic hydroxyl groups is 1. The molecule has 250 valence electrons. The summed E-state index contributed by atoms with van der Waals surface area (Å²) in [7, 11) is 1.50. The average Bonchev–Trinajstić information content (AvgIpc) is 3.36. The van der Waals surface area contributed by atoms with Crippen LogP contribution in [0.15, 0.2) is 18.2 Å². The Morgan fingerprint density at radius 3 is 2.58 bits per heavy atom. The lowest BCUT2D eigenvalue weighted by molar-refractivity contribution is -0.146. The molecule has 2 saturated heterocycles. The minimum absolute atomic E-state index is 0.00261. The number of nitrogens with zero attached hydrogens (tertiary/aromatic N) is 2. The topological polar surface area (TPSA) is 202 Å². The monoisotopic (exact) mass is 650 g/mol. The van der Waals surface area contributed by atoms with Gasteiger partial charge in [0.2, 0.25) is 17.7 Å². The predicted octanol–water partition coefficient (Wildman–Crippen LogP) is 1.06. The fraction of sp³-hybridized carbons (Fsp3) is 0.677. The molecule has 0 spiro atoms. The SMILES string of the molecule is CO[C@@H]1[C@H](NC(=O)[C@@H]2C[C@@H]3CC[C@@H](O)C[C@@H]3N2C(=O)[C@@H](CC(C)C)NC(=O)[C@H](O)Cc2ccc(O)c(Cl)c2)CCCN1C(=N)N. The number of piperidine rings is 1. The number of carbonyl (C=O) groups is 3. The van der Waals surface area contributed by atoms with Crippen LogP contribution in [0, 0.1) is 17.2 Å².